The third kappa shape index (κ3) is 24.5. The van der Waals surface area contributed by atoms with Crippen LogP contribution in [-0.4, -0.2) is 63.9 Å². The second kappa shape index (κ2) is 44.2. The molecule has 2 radical (unpaired) electrons. The normalized spacial score (nSPS) is 10.4. The van der Waals surface area contributed by atoms with Crippen LogP contribution in [0.25, 0.3) is 0 Å². The quantitative estimate of drug-likeness (QED) is 0.0665. The molecule has 6 heterocycles. The van der Waals surface area contributed by atoms with Crippen molar-refractivity contribution in [3.05, 3.63) is 423 Å². The maximum Gasteiger partial charge on any atom is 3.00 e. The van der Waals surface area contributed by atoms with Crippen molar-refractivity contribution < 1.29 is 53.9 Å². The van der Waals surface area contributed by atoms with Crippen LogP contribution in [0.2, 0.25) is 0 Å². The Hall–Kier alpha value is -11.3. The minimum atomic E-state index is -1.22. The van der Waals surface area contributed by atoms with Crippen LogP contribution in [0.15, 0.2) is 389 Å². The number of rotatable bonds is 20. The SMILES string of the molecule is CC(=O)[O-].CC(=O)[O-].[Fe+3].[Fe+3].c1ccc(CN(Cc2ccccn2)Cc2ccccn2)nc1.c1ccc(CN(Cc2ccccn2)Cc2ccccn2)nc1.c1ccc([B-](c2ccccc2)(c2ccccc2)c2ccccc2)cc1.c1ccc([B-](c2ccccc2)(c2ccccc2)c2ccccc2)cc1. The van der Waals surface area contributed by atoms with Crippen molar-refractivity contribution in [2.45, 2.75) is 53.1 Å². The van der Waals surface area contributed by atoms with E-state index in [-0.39, 0.29) is 34.1 Å². The van der Waals surface area contributed by atoms with Crippen molar-refractivity contribution >= 4 is 67.9 Å². The summed E-state index contributed by atoms with van der Waals surface area (Å²) in [6, 6.07) is 123. The number of aromatic nitrogens is 6. The number of hydrogen-bond donors (Lipinski definition) is 0. The van der Waals surface area contributed by atoms with Gasteiger partial charge in [-0.1, -0.05) is 279 Å². The Kier molecular flexibility index (Phi) is 34.0. The van der Waals surface area contributed by atoms with E-state index in [0.717, 1.165) is 87.3 Å². The van der Waals surface area contributed by atoms with Gasteiger partial charge in [-0.25, -0.2) is 0 Å². The molecular formula is C88H82B2Fe2N8O4+2. The number of carboxylic acids is 2. The van der Waals surface area contributed by atoms with E-state index in [0.29, 0.717) is 0 Å². The smallest absolute Gasteiger partial charge is 0.550 e. The van der Waals surface area contributed by atoms with Crippen LogP contribution in [0, 0.1) is 0 Å². The molecule has 0 N–H and O–H groups in total. The van der Waals surface area contributed by atoms with E-state index in [4.69, 9.17) is 19.8 Å². The molecule has 14 aromatic rings. The Morgan fingerprint density at radius 1 is 0.231 bits per heavy atom. The molecule has 0 aliphatic heterocycles. The average molecular weight is 1450 g/mol. The zero-order valence-electron chi connectivity index (χ0n) is 58.3. The van der Waals surface area contributed by atoms with E-state index in [1.165, 1.54) is 43.7 Å². The molecule has 0 spiro atoms. The van der Waals surface area contributed by atoms with Gasteiger partial charge in [0.25, 0.3) is 0 Å². The average Bonchev–Trinajstić information content (AvgIpc) is 0.746. The molecule has 0 amide bonds. The van der Waals surface area contributed by atoms with Gasteiger partial charge in [0.05, 0.1) is 34.2 Å². The first kappa shape index (κ1) is 80.0. The monoisotopic (exact) mass is 1450 g/mol. The number of hydrogen-bond acceptors (Lipinski definition) is 12. The molecule has 12 nitrogen and oxygen atoms in total. The molecule has 0 fully saturated rings. The van der Waals surface area contributed by atoms with Gasteiger partial charge in [0.2, 0.25) is 0 Å². The van der Waals surface area contributed by atoms with Crippen LogP contribution in [-0.2, 0) is 83.0 Å². The summed E-state index contributed by atoms with van der Waals surface area (Å²) in [5.74, 6) is -2.17. The summed E-state index contributed by atoms with van der Waals surface area (Å²) in [6.07, 6.45) is 8.54. The molecule has 14 rings (SSSR count). The standard InChI is InChI=1S/2C24H20B.2C18H18N4.2C2H4O2.2Fe/c2*1-5-13-21(14-6-1)25(22-15-7-2-8-16-22,23-17-9-3-10-18-23)24-19-11-4-12-20-24;2*1-4-10-19-16(7-1)13-22(14-17-8-2-5-11-20-17)15-18-9-3-6-12-21-18;2*1-2(3)4;;/h2*1-20H;2*1-12H,13-15H2;2*1H3,(H,3,4);;/q2*-1;;;;;2*+3/p-2. The summed E-state index contributed by atoms with van der Waals surface area (Å²) in [6.45, 7) is 6.58. The largest absolute Gasteiger partial charge is 3.00 e. The predicted octanol–water partition coefficient (Wildman–Crippen LogP) is 9.78. The van der Waals surface area contributed by atoms with Gasteiger partial charge in [0.1, 0.15) is 12.3 Å². The van der Waals surface area contributed by atoms with Gasteiger partial charge in [0.15, 0.2) is 0 Å². The van der Waals surface area contributed by atoms with Crippen molar-refractivity contribution in [2.24, 2.45) is 0 Å². The third-order valence-electron chi connectivity index (χ3n) is 17.1. The van der Waals surface area contributed by atoms with E-state index >= 15 is 0 Å². The van der Waals surface area contributed by atoms with Crippen LogP contribution in [0.1, 0.15) is 48.0 Å². The zero-order valence-corrected chi connectivity index (χ0v) is 60.5. The second-order valence-electron chi connectivity index (χ2n) is 24.2. The molecule has 16 heteroatoms. The van der Waals surface area contributed by atoms with Crippen molar-refractivity contribution in [3.63, 3.8) is 0 Å². The van der Waals surface area contributed by atoms with Crippen molar-refractivity contribution in [1.82, 2.24) is 39.7 Å². The summed E-state index contributed by atoms with van der Waals surface area (Å²) in [7, 11) is 0. The Morgan fingerprint density at radius 3 is 0.452 bits per heavy atom. The third-order valence-corrected chi connectivity index (χ3v) is 17.1. The molecule has 0 aliphatic carbocycles. The topological polar surface area (TPSA) is 164 Å². The molecule has 0 atom stereocenters. The Labute approximate surface area is 633 Å². The summed E-state index contributed by atoms with van der Waals surface area (Å²) in [4.78, 5) is 48.9. The fraction of sp³-hybridized carbons (Fsp3) is 0.0909. The maximum atomic E-state index is 8.89. The van der Waals surface area contributed by atoms with Crippen LogP contribution in [0.4, 0.5) is 0 Å². The zero-order chi connectivity index (χ0) is 71.1. The fourth-order valence-electron chi connectivity index (χ4n) is 12.9. The van der Waals surface area contributed by atoms with E-state index in [1.807, 2.05) is 146 Å². The van der Waals surface area contributed by atoms with E-state index < -0.39 is 24.2 Å². The van der Waals surface area contributed by atoms with Crippen LogP contribution < -0.4 is 53.9 Å². The number of pyridine rings is 6. The fourth-order valence-corrected chi connectivity index (χ4v) is 12.9. The molecular weight excluding hydrogens is 1370 g/mol. The number of nitrogens with zero attached hydrogens (tertiary/aromatic N) is 8. The number of benzene rings is 8. The van der Waals surface area contributed by atoms with Gasteiger partial charge >= 0.3 is 34.1 Å². The van der Waals surface area contributed by atoms with Crippen molar-refractivity contribution in [2.75, 3.05) is 0 Å². The number of carbonyl (C=O) groups excluding carboxylic acids is 2. The van der Waals surface area contributed by atoms with E-state index in [1.54, 1.807) is 0 Å². The molecule has 104 heavy (non-hydrogen) atoms. The van der Waals surface area contributed by atoms with Gasteiger partial charge in [0, 0.05) is 88.4 Å². The molecule has 0 unspecified atom stereocenters. The Bertz CT molecular complexity index is 3760. The minimum absolute atomic E-state index is 0. The molecule has 0 saturated carbocycles. The van der Waals surface area contributed by atoms with E-state index in [9.17, 15) is 0 Å². The molecule has 0 bridgehead atoms. The van der Waals surface area contributed by atoms with Crippen LogP contribution in [0.3, 0.4) is 0 Å². The second-order valence-corrected chi connectivity index (χ2v) is 24.2. The minimum Gasteiger partial charge on any atom is -0.550 e. The molecule has 0 saturated heterocycles. The first-order valence-corrected chi connectivity index (χ1v) is 34.1. The number of carbonyl (C=O) groups is 2. The van der Waals surface area contributed by atoms with E-state index in [2.05, 4.69) is 282 Å². The van der Waals surface area contributed by atoms with Crippen molar-refractivity contribution in [3.8, 4) is 0 Å². The first-order valence-electron chi connectivity index (χ1n) is 34.1. The van der Waals surface area contributed by atoms with Crippen molar-refractivity contribution in [1.29, 1.82) is 0 Å². The van der Waals surface area contributed by atoms with Gasteiger partial charge in [-0.3, -0.25) is 39.7 Å². The maximum absolute atomic E-state index is 8.89. The molecule has 6 aromatic heterocycles. The molecule has 518 valence electrons. The predicted molar refractivity (Wildman–Crippen MR) is 413 cm³/mol. The summed E-state index contributed by atoms with van der Waals surface area (Å²) >= 11 is 0. The van der Waals surface area contributed by atoms with Crippen LogP contribution in [0.5, 0.6) is 0 Å². The summed E-state index contributed by atoms with van der Waals surface area (Å²) in [5, 5.41) is 17.8. The summed E-state index contributed by atoms with van der Waals surface area (Å²) < 4.78 is 0. The van der Waals surface area contributed by atoms with Crippen LogP contribution >= 0.6 is 0 Å². The number of carboxylic acid groups (broad SMARTS) is 2. The van der Waals surface area contributed by atoms with Gasteiger partial charge in [-0.2, -0.15) is 43.7 Å². The Morgan fingerprint density at radius 2 is 0.346 bits per heavy atom. The number of aliphatic carboxylic acids is 2. The van der Waals surface area contributed by atoms with Gasteiger partial charge in [-0.05, 0) is 86.6 Å². The Balaban J connectivity index is 0.000000186. The first-order chi connectivity index (χ1) is 50.1. The molecule has 8 aromatic carbocycles. The summed E-state index contributed by atoms with van der Waals surface area (Å²) in [5.41, 5.74) is 17.0. The van der Waals surface area contributed by atoms with Gasteiger partial charge in [-0.15, -0.1) is 0 Å². The molecule has 0 aliphatic rings. The van der Waals surface area contributed by atoms with Gasteiger partial charge < -0.3 is 19.8 Å².